The second-order valence-electron chi connectivity index (χ2n) is 1.82. The van der Waals surface area contributed by atoms with Crippen LogP contribution < -0.4 is 10.9 Å². The molecule has 0 bridgehead atoms. The minimum Gasteiger partial charge on any atom is -0.426 e. The zero-order chi connectivity index (χ0) is 8.48. The maximum Gasteiger partial charge on any atom is 0.273 e. The largest absolute Gasteiger partial charge is 0.426 e. The number of sulfonamides is 1. The van der Waals surface area contributed by atoms with E-state index in [-0.39, 0.29) is 17.5 Å². The second-order valence-corrected chi connectivity index (χ2v) is 3.31. The Bertz CT molecular complexity index is 341. The highest BCUT2D eigenvalue weighted by Crippen LogP contribution is 2.06. The van der Waals surface area contributed by atoms with Crippen LogP contribution in [0.1, 0.15) is 5.89 Å². The number of nitrogens with two attached hydrogens (primary N) is 2. The second kappa shape index (κ2) is 2.61. The number of rotatable bonds is 2. The first-order valence-electron chi connectivity index (χ1n) is 2.71. The lowest BCUT2D eigenvalue weighted by Crippen LogP contribution is -2.10. The zero-order valence-corrected chi connectivity index (χ0v) is 6.34. The van der Waals surface area contributed by atoms with Crippen LogP contribution in [0.3, 0.4) is 0 Å². The normalized spacial score (nSPS) is 11.8. The Balaban J connectivity index is 3.09. The number of primary sulfonamides is 1. The molecule has 1 rings (SSSR count). The molecule has 0 radical (unpaired) electrons. The number of hydrogen-bond donors (Lipinski definition) is 2. The molecule has 0 spiro atoms. The lowest BCUT2D eigenvalue weighted by Gasteiger charge is -1.87. The molecule has 0 saturated heterocycles. The van der Waals surface area contributed by atoms with Gasteiger partial charge in [0.05, 0.1) is 12.7 Å². The first-order chi connectivity index (χ1) is 5.04. The molecule has 6 nitrogen and oxygen atoms in total. The van der Waals surface area contributed by atoms with E-state index >= 15 is 0 Å². The Kier molecular flexibility index (Phi) is 1.94. The maximum atomic E-state index is 10.6. The standard InChI is InChI=1S/C4H7N3O3S/c5-1-3-7-2-4(10-3)11(6,8)9/h2H,1,5H2,(H2,6,8,9). The van der Waals surface area contributed by atoms with Crippen LogP contribution in [0.5, 0.6) is 0 Å². The Morgan fingerprint density at radius 1 is 1.64 bits per heavy atom. The van der Waals surface area contributed by atoms with E-state index < -0.39 is 10.0 Å². The lowest BCUT2D eigenvalue weighted by molar-refractivity contribution is 0.409. The molecule has 1 aromatic heterocycles. The van der Waals surface area contributed by atoms with E-state index in [1.54, 1.807) is 0 Å². The van der Waals surface area contributed by atoms with Crippen molar-refractivity contribution in [1.82, 2.24) is 4.98 Å². The molecule has 0 aromatic carbocycles. The molecule has 0 unspecified atom stereocenters. The fraction of sp³-hybridized carbons (Fsp3) is 0.250. The van der Waals surface area contributed by atoms with E-state index in [0.717, 1.165) is 6.20 Å². The van der Waals surface area contributed by atoms with Gasteiger partial charge in [0.2, 0.25) is 5.89 Å². The minimum absolute atomic E-state index is 0.0511. The van der Waals surface area contributed by atoms with E-state index in [9.17, 15) is 8.42 Å². The number of nitrogens with zero attached hydrogens (tertiary/aromatic N) is 1. The summed E-state index contributed by atoms with van der Waals surface area (Å²) < 4.78 is 25.8. The number of oxazole rings is 1. The molecule has 0 aliphatic carbocycles. The van der Waals surface area contributed by atoms with Gasteiger partial charge in [0.1, 0.15) is 0 Å². The third kappa shape index (κ3) is 1.76. The quantitative estimate of drug-likeness (QED) is 0.588. The zero-order valence-electron chi connectivity index (χ0n) is 5.52. The molecule has 7 heteroatoms. The molecule has 4 N–H and O–H groups in total. The van der Waals surface area contributed by atoms with Crippen molar-refractivity contribution in [1.29, 1.82) is 0 Å². The van der Waals surface area contributed by atoms with Gasteiger partial charge < -0.3 is 10.2 Å². The predicted molar refractivity (Wildman–Crippen MR) is 35.8 cm³/mol. The number of hydrogen-bond acceptors (Lipinski definition) is 5. The van der Waals surface area contributed by atoms with E-state index in [0.29, 0.717) is 0 Å². The van der Waals surface area contributed by atoms with Gasteiger partial charge in [0.25, 0.3) is 15.1 Å². The summed E-state index contributed by atoms with van der Waals surface area (Å²) in [4.78, 5) is 3.55. The maximum absolute atomic E-state index is 10.6. The summed E-state index contributed by atoms with van der Waals surface area (Å²) in [5, 5.41) is 4.36. The molecule has 11 heavy (non-hydrogen) atoms. The summed E-state index contributed by atoms with van der Waals surface area (Å²) in [6, 6.07) is 0. The molecule has 1 heterocycles. The smallest absolute Gasteiger partial charge is 0.273 e. The summed E-state index contributed by atoms with van der Waals surface area (Å²) in [6.07, 6.45) is 1.03. The molecule has 0 amide bonds. The molecule has 0 fully saturated rings. The van der Waals surface area contributed by atoms with Crippen molar-refractivity contribution >= 4 is 10.0 Å². The van der Waals surface area contributed by atoms with Gasteiger partial charge in [-0.05, 0) is 0 Å². The van der Waals surface area contributed by atoms with Gasteiger partial charge in [-0.15, -0.1) is 0 Å². The van der Waals surface area contributed by atoms with Crippen molar-refractivity contribution < 1.29 is 12.8 Å². The van der Waals surface area contributed by atoms with Gasteiger partial charge >= 0.3 is 0 Å². The molecule has 62 valence electrons. The van der Waals surface area contributed by atoms with Crippen LogP contribution in [0.25, 0.3) is 0 Å². The summed E-state index contributed by atoms with van der Waals surface area (Å²) in [5.74, 6) is 0.147. The molecule has 0 aliphatic rings. The van der Waals surface area contributed by atoms with Gasteiger partial charge in [-0.1, -0.05) is 0 Å². The van der Waals surface area contributed by atoms with Crippen molar-refractivity contribution in [3.05, 3.63) is 12.1 Å². The Morgan fingerprint density at radius 3 is 2.55 bits per heavy atom. The van der Waals surface area contributed by atoms with Crippen molar-refractivity contribution in [2.24, 2.45) is 10.9 Å². The van der Waals surface area contributed by atoms with E-state index in [1.165, 1.54) is 0 Å². The molecular formula is C4H7N3O3S. The van der Waals surface area contributed by atoms with Crippen LogP contribution in [0.2, 0.25) is 0 Å². The average molecular weight is 177 g/mol. The molecular weight excluding hydrogens is 170 g/mol. The SMILES string of the molecule is NCc1ncc(S(N)(=O)=O)o1. The predicted octanol–water partition coefficient (Wildman–Crippen LogP) is -1.22. The first kappa shape index (κ1) is 8.18. The molecule has 0 atom stereocenters. The van der Waals surface area contributed by atoms with Crippen molar-refractivity contribution in [2.45, 2.75) is 11.6 Å². The van der Waals surface area contributed by atoms with Crippen LogP contribution >= 0.6 is 0 Å². The van der Waals surface area contributed by atoms with E-state index in [4.69, 9.17) is 10.9 Å². The van der Waals surface area contributed by atoms with Gasteiger partial charge in [-0.3, -0.25) is 0 Å². The van der Waals surface area contributed by atoms with Crippen LogP contribution in [0.4, 0.5) is 0 Å². The Labute approximate surface area is 63.3 Å². The third-order valence-electron chi connectivity index (χ3n) is 0.987. The summed E-state index contributed by atoms with van der Waals surface area (Å²) in [6.45, 7) is 0.0511. The first-order valence-corrected chi connectivity index (χ1v) is 4.26. The summed E-state index contributed by atoms with van der Waals surface area (Å²) >= 11 is 0. The summed E-state index contributed by atoms with van der Waals surface area (Å²) in [5.41, 5.74) is 5.11. The highest BCUT2D eigenvalue weighted by atomic mass is 32.2. The Hall–Kier alpha value is -0.920. The van der Waals surface area contributed by atoms with Crippen LogP contribution in [0, 0.1) is 0 Å². The third-order valence-corrected chi connectivity index (χ3v) is 1.74. The monoisotopic (exact) mass is 177 g/mol. The Morgan fingerprint density at radius 2 is 2.27 bits per heavy atom. The lowest BCUT2D eigenvalue weighted by atomic mass is 10.7. The highest BCUT2D eigenvalue weighted by molar-refractivity contribution is 7.89. The summed E-state index contributed by atoms with van der Waals surface area (Å²) in [7, 11) is -3.78. The minimum atomic E-state index is -3.78. The van der Waals surface area contributed by atoms with Crippen LogP contribution in [-0.2, 0) is 16.6 Å². The van der Waals surface area contributed by atoms with E-state index in [2.05, 4.69) is 9.40 Å². The van der Waals surface area contributed by atoms with E-state index in [1.807, 2.05) is 0 Å². The van der Waals surface area contributed by atoms with Crippen LogP contribution in [0.15, 0.2) is 15.7 Å². The molecule has 1 aromatic rings. The fourth-order valence-corrected chi connectivity index (χ4v) is 0.931. The fourth-order valence-electron chi connectivity index (χ4n) is 0.519. The average Bonchev–Trinajstić information content (AvgIpc) is 2.32. The number of aromatic nitrogens is 1. The molecule has 0 aliphatic heterocycles. The van der Waals surface area contributed by atoms with Gasteiger partial charge in [-0.25, -0.2) is 18.5 Å². The van der Waals surface area contributed by atoms with Crippen molar-refractivity contribution in [2.75, 3.05) is 0 Å². The van der Waals surface area contributed by atoms with Gasteiger partial charge in [0.15, 0.2) is 0 Å². The highest BCUT2D eigenvalue weighted by Gasteiger charge is 2.13. The van der Waals surface area contributed by atoms with Gasteiger partial charge in [-0.2, -0.15) is 0 Å². The molecule has 0 saturated carbocycles. The van der Waals surface area contributed by atoms with Gasteiger partial charge in [0, 0.05) is 0 Å². The van der Waals surface area contributed by atoms with Crippen LogP contribution in [-0.4, -0.2) is 13.4 Å². The van der Waals surface area contributed by atoms with Crippen molar-refractivity contribution in [3.63, 3.8) is 0 Å². The van der Waals surface area contributed by atoms with Crippen molar-refractivity contribution in [3.8, 4) is 0 Å². The topological polar surface area (TPSA) is 112 Å².